The van der Waals surface area contributed by atoms with Crippen LogP contribution in [0.25, 0.3) is 0 Å². The van der Waals surface area contributed by atoms with Gasteiger partial charge in [0, 0.05) is 31.3 Å². The topological polar surface area (TPSA) is 50.3 Å². The third-order valence-corrected chi connectivity index (χ3v) is 3.58. The van der Waals surface area contributed by atoms with Gasteiger partial charge in [-0.15, -0.1) is 0 Å². The van der Waals surface area contributed by atoms with E-state index in [2.05, 4.69) is 20.2 Å². The van der Waals surface area contributed by atoms with Crippen LogP contribution in [0.3, 0.4) is 0 Å². The Kier molecular flexibility index (Phi) is 4.48. The van der Waals surface area contributed by atoms with Crippen molar-refractivity contribution in [2.24, 2.45) is 0 Å². The fraction of sp³-hybridized carbons (Fsp3) is 0.375. The molecule has 22 heavy (non-hydrogen) atoms. The Morgan fingerprint density at radius 1 is 1.23 bits per heavy atom. The van der Waals surface area contributed by atoms with Crippen molar-refractivity contribution >= 4 is 11.6 Å². The van der Waals surface area contributed by atoms with Gasteiger partial charge in [-0.1, -0.05) is 18.2 Å². The van der Waals surface area contributed by atoms with Gasteiger partial charge in [-0.05, 0) is 13.0 Å². The highest BCUT2D eigenvalue weighted by Gasteiger charge is 2.14. The lowest BCUT2D eigenvalue weighted by atomic mass is 10.2. The lowest BCUT2D eigenvalue weighted by Gasteiger charge is -2.28. The van der Waals surface area contributed by atoms with Crippen LogP contribution in [0, 0.1) is 12.7 Å². The molecule has 1 saturated heterocycles. The highest BCUT2D eigenvalue weighted by Crippen LogP contribution is 2.18. The van der Waals surface area contributed by atoms with Crippen LogP contribution in [0.15, 0.2) is 30.3 Å². The van der Waals surface area contributed by atoms with E-state index in [0.29, 0.717) is 37.0 Å². The second-order valence-electron chi connectivity index (χ2n) is 5.20. The SMILES string of the molecule is Cc1nc(NCc2ccccc2F)cc(N2CCOCC2)n1. The van der Waals surface area contributed by atoms with E-state index in [1.54, 1.807) is 12.1 Å². The molecule has 0 saturated carbocycles. The second-order valence-corrected chi connectivity index (χ2v) is 5.20. The van der Waals surface area contributed by atoms with Crippen LogP contribution in [0.4, 0.5) is 16.0 Å². The summed E-state index contributed by atoms with van der Waals surface area (Å²) in [6, 6.07) is 8.63. The van der Waals surface area contributed by atoms with Crippen molar-refractivity contribution in [2.75, 3.05) is 36.5 Å². The molecule has 0 bridgehead atoms. The van der Waals surface area contributed by atoms with E-state index < -0.39 is 0 Å². The predicted molar refractivity (Wildman–Crippen MR) is 83.5 cm³/mol. The molecule has 1 N–H and O–H groups in total. The molecular weight excluding hydrogens is 283 g/mol. The Balaban J connectivity index is 1.73. The van der Waals surface area contributed by atoms with E-state index in [4.69, 9.17) is 4.74 Å². The second kappa shape index (κ2) is 6.70. The number of aromatic nitrogens is 2. The highest BCUT2D eigenvalue weighted by molar-refractivity contribution is 5.50. The molecule has 5 nitrogen and oxygen atoms in total. The molecule has 3 rings (SSSR count). The zero-order chi connectivity index (χ0) is 15.4. The molecule has 1 aliphatic heterocycles. The minimum atomic E-state index is -0.214. The fourth-order valence-corrected chi connectivity index (χ4v) is 2.42. The van der Waals surface area contributed by atoms with Crippen LogP contribution in [0.1, 0.15) is 11.4 Å². The number of nitrogens with one attached hydrogen (secondary N) is 1. The van der Waals surface area contributed by atoms with Gasteiger partial charge in [-0.3, -0.25) is 0 Å². The molecule has 1 aromatic carbocycles. The van der Waals surface area contributed by atoms with Gasteiger partial charge in [0.1, 0.15) is 23.3 Å². The minimum absolute atomic E-state index is 0.214. The summed E-state index contributed by atoms with van der Waals surface area (Å²) in [7, 11) is 0. The molecule has 1 aromatic heterocycles. The number of nitrogens with zero attached hydrogens (tertiary/aromatic N) is 3. The molecule has 2 heterocycles. The molecule has 0 spiro atoms. The van der Waals surface area contributed by atoms with Gasteiger partial charge < -0.3 is 15.0 Å². The van der Waals surface area contributed by atoms with Crippen LogP contribution < -0.4 is 10.2 Å². The molecule has 0 radical (unpaired) electrons. The van der Waals surface area contributed by atoms with Crippen LogP contribution in [0.2, 0.25) is 0 Å². The van der Waals surface area contributed by atoms with Gasteiger partial charge in [0.25, 0.3) is 0 Å². The highest BCUT2D eigenvalue weighted by atomic mass is 19.1. The van der Waals surface area contributed by atoms with Crippen LogP contribution in [-0.2, 0) is 11.3 Å². The monoisotopic (exact) mass is 302 g/mol. The zero-order valence-corrected chi connectivity index (χ0v) is 12.6. The predicted octanol–water partition coefficient (Wildman–Crippen LogP) is 2.37. The summed E-state index contributed by atoms with van der Waals surface area (Å²) in [5, 5.41) is 3.17. The van der Waals surface area contributed by atoms with Crippen molar-refractivity contribution in [3.05, 3.63) is 47.5 Å². The number of hydrogen-bond acceptors (Lipinski definition) is 5. The third kappa shape index (κ3) is 3.51. The van der Waals surface area contributed by atoms with Crippen molar-refractivity contribution in [1.82, 2.24) is 9.97 Å². The van der Waals surface area contributed by atoms with Crippen molar-refractivity contribution in [2.45, 2.75) is 13.5 Å². The van der Waals surface area contributed by atoms with Gasteiger partial charge in [0.2, 0.25) is 0 Å². The van der Waals surface area contributed by atoms with Crippen molar-refractivity contribution in [3.63, 3.8) is 0 Å². The number of anilines is 2. The average molecular weight is 302 g/mol. The number of hydrogen-bond donors (Lipinski definition) is 1. The Morgan fingerprint density at radius 3 is 2.77 bits per heavy atom. The quantitative estimate of drug-likeness (QED) is 0.939. The molecule has 2 aromatic rings. The molecule has 0 aliphatic carbocycles. The van der Waals surface area contributed by atoms with E-state index in [1.807, 2.05) is 19.1 Å². The average Bonchev–Trinajstić information content (AvgIpc) is 2.54. The summed E-state index contributed by atoms with van der Waals surface area (Å²) < 4.78 is 19.0. The maximum Gasteiger partial charge on any atom is 0.134 e. The van der Waals surface area contributed by atoms with E-state index >= 15 is 0 Å². The number of rotatable bonds is 4. The summed E-state index contributed by atoms with van der Waals surface area (Å²) in [6.45, 7) is 5.32. The molecule has 1 fully saturated rings. The molecule has 0 atom stereocenters. The first-order valence-corrected chi connectivity index (χ1v) is 7.38. The van der Waals surface area contributed by atoms with Crippen molar-refractivity contribution in [3.8, 4) is 0 Å². The Bertz CT molecular complexity index is 644. The minimum Gasteiger partial charge on any atom is -0.378 e. The number of halogens is 1. The van der Waals surface area contributed by atoms with Crippen LogP contribution >= 0.6 is 0 Å². The molecule has 1 aliphatic rings. The Morgan fingerprint density at radius 2 is 2.00 bits per heavy atom. The Hall–Kier alpha value is -2.21. The smallest absolute Gasteiger partial charge is 0.134 e. The summed E-state index contributed by atoms with van der Waals surface area (Å²) in [4.78, 5) is 11.0. The summed E-state index contributed by atoms with van der Waals surface area (Å²) in [5.41, 5.74) is 0.617. The molecule has 6 heteroatoms. The lowest BCUT2D eigenvalue weighted by Crippen LogP contribution is -2.37. The van der Waals surface area contributed by atoms with E-state index in [1.165, 1.54) is 6.07 Å². The largest absolute Gasteiger partial charge is 0.378 e. The molecule has 0 unspecified atom stereocenters. The number of morpholine rings is 1. The first kappa shape index (κ1) is 14.7. The van der Waals surface area contributed by atoms with Gasteiger partial charge >= 0.3 is 0 Å². The van der Waals surface area contributed by atoms with Crippen LogP contribution in [0.5, 0.6) is 0 Å². The van der Waals surface area contributed by atoms with Gasteiger partial charge in [-0.2, -0.15) is 0 Å². The van der Waals surface area contributed by atoms with Crippen molar-refractivity contribution in [1.29, 1.82) is 0 Å². The van der Waals surface area contributed by atoms with Gasteiger partial charge in [0.05, 0.1) is 13.2 Å². The normalized spacial score (nSPS) is 14.9. The number of ether oxygens (including phenoxy) is 1. The fourth-order valence-electron chi connectivity index (χ4n) is 2.42. The maximum absolute atomic E-state index is 13.6. The van der Waals surface area contributed by atoms with Gasteiger partial charge in [-0.25, -0.2) is 14.4 Å². The van der Waals surface area contributed by atoms with Crippen LogP contribution in [-0.4, -0.2) is 36.3 Å². The van der Waals surface area contributed by atoms with Crippen molar-refractivity contribution < 1.29 is 9.13 Å². The summed E-state index contributed by atoms with van der Waals surface area (Å²) in [6.07, 6.45) is 0. The molecular formula is C16H19FN4O. The zero-order valence-electron chi connectivity index (χ0n) is 12.6. The third-order valence-electron chi connectivity index (χ3n) is 3.58. The van der Waals surface area contributed by atoms with E-state index in [9.17, 15) is 4.39 Å². The first-order chi connectivity index (χ1) is 10.7. The molecule has 116 valence electrons. The Labute approximate surface area is 129 Å². The standard InChI is InChI=1S/C16H19FN4O/c1-12-19-15(18-11-13-4-2-3-5-14(13)17)10-16(20-12)21-6-8-22-9-7-21/h2-5,10H,6-9,11H2,1H3,(H,18,19,20). The summed E-state index contributed by atoms with van der Waals surface area (Å²) >= 11 is 0. The first-order valence-electron chi connectivity index (χ1n) is 7.38. The summed E-state index contributed by atoms with van der Waals surface area (Å²) in [5.74, 6) is 2.07. The molecule has 0 amide bonds. The van der Waals surface area contributed by atoms with E-state index in [-0.39, 0.29) is 5.82 Å². The van der Waals surface area contributed by atoms with Gasteiger partial charge in [0.15, 0.2) is 0 Å². The maximum atomic E-state index is 13.6. The number of benzene rings is 1. The van der Waals surface area contributed by atoms with E-state index in [0.717, 1.165) is 18.9 Å². The lowest BCUT2D eigenvalue weighted by molar-refractivity contribution is 0.122. The number of aryl methyl sites for hydroxylation is 1.